The number of likely N-dealkylation sites (N-methyl/N-ethyl adjacent to an activating group) is 1. The second kappa shape index (κ2) is 4.78. The van der Waals surface area contributed by atoms with Crippen LogP contribution in [0.5, 0.6) is 0 Å². The van der Waals surface area contributed by atoms with Crippen LogP contribution in [0.25, 0.3) is 0 Å². The fourth-order valence-electron chi connectivity index (χ4n) is 1.19. The minimum atomic E-state index is -1.02. The molecule has 1 atom stereocenters. The van der Waals surface area contributed by atoms with E-state index in [1.807, 2.05) is 6.92 Å². The van der Waals surface area contributed by atoms with Crippen LogP contribution < -0.4 is 0 Å². The van der Waals surface area contributed by atoms with Gasteiger partial charge in [0.1, 0.15) is 12.6 Å². The second-order valence-corrected chi connectivity index (χ2v) is 3.65. The van der Waals surface area contributed by atoms with Crippen molar-refractivity contribution in [1.82, 2.24) is 14.7 Å². The van der Waals surface area contributed by atoms with E-state index in [4.69, 9.17) is 5.11 Å². The van der Waals surface area contributed by atoms with Crippen molar-refractivity contribution >= 4 is 11.9 Å². The molecule has 6 heteroatoms. The van der Waals surface area contributed by atoms with Gasteiger partial charge in [-0.05, 0) is 19.9 Å². The first-order valence-corrected chi connectivity index (χ1v) is 4.90. The molecular weight excluding hydrogens is 210 g/mol. The molecular formula is C10H15N3O3. The van der Waals surface area contributed by atoms with Gasteiger partial charge in [0.25, 0.3) is 0 Å². The number of rotatable bonds is 4. The Hall–Kier alpha value is -1.85. The fourth-order valence-corrected chi connectivity index (χ4v) is 1.19. The van der Waals surface area contributed by atoms with E-state index >= 15 is 0 Å². The van der Waals surface area contributed by atoms with Crippen molar-refractivity contribution < 1.29 is 14.7 Å². The van der Waals surface area contributed by atoms with Gasteiger partial charge < -0.3 is 10.0 Å². The third-order valence-electron chi connectivity index (χ3n) is 2.55. The summed E-state index contributed by atoms with van der Waals surface area (Å²) in [7, 11) is 1.47. The maximum atomic E-state index is 11.7. The minimum Gasteiger partial charge on any atom is -0.480 e. The number of aromatic nitrogens is 2. The number of carboxylic acids is 1. The zero-order valence-electron chi connectivity index (χ0n) is 9.54. The molecule has 1 aromatic rings. The summed E-state index contributed by atoms with van der Waals surface area (Å²) >= 11 is 0. The summed E-state index contributed by atoms with van der Waals surface area (Å²) in [5.41, 5.74) is 0.865. The number of amides is 1. The van der Waals surface area contributed by atoms with Gasteiger partial charge in [-0.3, -0.25) is 9.48 Å². The molecule has 1 N–H and O–H groups in total. The van der Waals surface area contributed by atoms with Crippen LogP contribution in [0.1, 0.15) is 12.6 Å². The fraction of sp³-hybridized carbons (Fsp3) is 0.500. The average molecular weight is 225 g/mol. The Morgan fingerprint density at radius 1 is 1.62 bits per heavy atom. The number of carbonyl (C=O) groups excluding carboxylic acids is 1. The molecule has 1 heterocycles. The molecule has 1 unspecified atom stereocenters. The van der Waals surface area contributed by atoms with E-state index in [-0.39, 0.29) is 12.5 Å². The highest BCUT2D eigenvalue weighted by Crippen LogP contribution is 2.01. The number of hydrogen-bond acceptors (Lipinski definition) is 3. The summed E-state index contributed by atoms with van der Waals surface area (Å²) in [5, 5.41) is 12.7. The highest BCUT2D eigenvalue weighted by atomic mass is 16.4. The predicted octanol–water partition coefficient (Wildman–Crippen LogP) is 0.123. The summed E-state index contributed by atoms with van der Waals surface area (Å²) in [6.07, 6.45) is 1.60. The van der Waals surface area contributed by atoms with Crippen LogP contribution in [0.4, 0.5) is 0 Å². The molecule has 6 nitrogen and oxygen atoms in total. The Morgan fingerprint density at radius 2 is 2.25 bits per heavy atom. The van der Waals surface area contributed by atoms with Crippen molar-refractivity contribution in [3.8, 4) is 0 Å². The number of carboxylic acid groups (broad SMARTS) is 1. The number of aliphatic carboxylic acids is 1. The van der Waals surface area contributed by atoms with Crippen molar-refractivity contribution in [2.24, 2.45) is 0 Å². The summed E-state index contributed by atoms with van der Waals surface area (Å²) in [4.78, 5) is 23.6. The monoisotopic (exact) mass is 225 g/mol. The van der Waals surface area contributed by atoms with Crippen LogP contribution in [0.15, 0.2) is 12.3 Å². The van der Waals surface area contributed by atoms with Crippen LogP contribution >= 0.6 is 0 Å². The first-order chi connectivity index (χ1) is 7.43. The molecule has 0 radical (unpaired) electrons. The molecule has 0 fully saturated rings. The Bertz CT molecular complexity index is 400. The molecule has 0 bridgehead atoms. The van der Waals surface area contributed by atoms with E-state index in [1.54, 1.807) is 12.3 Å². The SMILES string of the molecule is Cc1ccnn1CC(=O)N(C)C(C)C(=O)O. The van der Waals surface area contributed by atoms with Crippen LogP contribution in [0.3, 0.4) is 0 Å². The molecule has 0 aromatic carbocycles. The zero-order chi connectivity index (χ0) is 12.3. The van der Waals surface area contributed by atoms with Gasteiger partial charge >= 0.3 is 5.97 Å². The largest absolute Gasteiger partial charge is 0.480 e. The second-order valence-electron chi connectivity index (χ2n) is 3.65. The van der Waals surface area contributed by atoms with E-state index < -0.39 is 12.0 Å². The summed E-state index contributed by atoms with van der Waals surface area (Å²) in [6, 6.07) is 0.955. The van der Waals surface area contributed by atoms with E-state index in [9.17, 15) is 9.59 Å². The Labute approximate surface area is 93.5 Å². The van der Waals surface area contributed by atoms with Crippen molar-refractivity contribution in [3.63, 3.8) is 0 Å². The van der Waals surface area contributed by atoms with Crippen molar-refractivity contribution in [1.29, 1.82) is 0 Å². The lowest BCUT2D eigenvalue weighted by atomic mass is 10.3. The molecule has 88 valence electrons. The topological polar surface area (TPSA) is 75.4 Å². The molecule has 1 aromatic heterocycles. The van der Waals surface area contributed by atoms with Gasteiger partial charge in [-0.25, -0.2) is 4.79 Å². The normalized spacial score (nSPS) is 12.2. The molecule has 0 saturated heterocycles. The van der Waals surface area contributed by atoms with Gasteiger partial charge in [-0.15, -0.1) is 0 Å². The molecule has 1 rings (SSSR count). The Morgan fingerprint density at radius 3 is 2.69 bits per heavy atom. The van der Waals surface area contributed by atoms with E-state index in [1.165, 1.54) is 23.6 Å². The molecule has 0 aliphatic rings. The molecule has 16 heavy (non-hydrogen) atoms. The molecule has 1 amide bonds. The highest BCUT2D eigenvalue weighted by molar-refractivity contribution is 5.82. The van der Waals surface area contributed by atoms with Crippen molar-refractivity contribution in [2.45, 2.75) is 26.4 Å². The predicted molar refractivity (Wildman–Crippen MR) is 56.8 cm³/mol. The number of carbonyl (C=O) groups is 2. The maximum Gasteiger partial charge on any atom is 0.326 e. The zero-order valence-corrected chi connectivity index (χ0v) is 9.54. The molecule has 0 aliphatic heterocycles. The smallest absolute Gasteiger partial charge is 0.326 e. The first kappa shape index (κ1) is 12.2. The first-order valence-electron chi connectivity index (χ1n) is 4.90. The minimum absolute atomic E-state index is 0.0625. The van der Waals surface area contributed by atoms with Gasteiger partial charge in [0.15, 0.2) is 0 Å². The standard InChI is InChI=1S/C10H15N3O3/c1-7-4-5-11-13(7)6-9(14)12(3)8(2)10(15)16/h4-5,8H,6H2,1-3H3,(H,15,16). The van der Waals surface area contributed by atoms with Crippen LogP contribution in [-0.4, -0.2) is 44.8 Å². The number of hydrogen-bond donors (Lipinski definition) is 1. The summed E-state index contributed by atoms with van der Waals surface area (Å²) in [5.74, 6) is -1.30. The van der Waals surface area contributed by atoms with Gasteiger partial charge in [-0.2, -0.15) is 5.10 Å². The highest BCUT2D eigenvalue weighted by Gasteiger charge is 2.21. The lowest BCUT2D eigenvalue weighted by molar-refractivity contribution is -0.148. The van der Waals surface area contributed by atoms with E-state index in [2.05, 4.69) is 5.10 Å². The lowest BCUT2D eigenvalue weighted by Crippen LogP contribution is -2.42. The summed E-state index contributed by atoms with van der Waals surface area (Å²) in [6.45, 7) is 3.37. The third kappa shape index (κ3) is 2.59. The van der Waals surface area contributed by atoms with Crippen LogP contribution in [0.2, 0.25) is 0 Å². The third-order valence-corrected chi connectivity index (χ3v) is 2.55. The number of aryl methyl sites for hydroxylation is 1. The van der Waals surface area contributed by atoms with Gasteiger partial charge in [0.05, 0.1) is 0 Å². The van der Waals surface area contributed by atoms with Gasteiger partial charge in [0, 0.05) is 18.9 Å². The molecule has 0 spiro atoms. The van der Waals surface area contributed by atoms with E-state index in [0.29, 0.717) is 0 Å². The van der Waals surface area contributed by atoms with Crippen molar-refractivity contribution in [3.05, 3.63) is 18.0 Å². The maximum absolute atomic E-state index is 11.7. The van der Waals surface area contributed by atoms with Gasteiger partial charge in [-0.1, -0.05) is 0 Å². The van der Waals surface area contributed by atoms with Crippen LogP contribution in [-0.2, 0) is 16.1 Å². The number of nitrogens with zero attached hydrogens (tertiary/aromatic N) is 3. The lowest BCUT2D eigenvalue weighted by Gasteiger charge is -2.21. The van der Waals surface area contributed by atoms with E-state index in [0.717, 1.165) is 5.69 Å². The quantitative estimate of drug-likeness (QED) is 0.789. The summed E-state index contributed by atoms with van der Waals surface area (Å²) < 4.78 is 1.54. The Kier molecular flexibility index (Phi) is 3.65. The van der Waals surface area contributed by atoms with Crippen LogP contribution in [0, 0.1) is 6.92 Å². The van der Waals surface area contributed by atoms with Gasteiger partial charge in [0.2, 0.25) is 5.91 Å². The molecule has 0 aliphatic carbocycles. The Balaban J connectivity index is 2.66. The average Bonchev–Trinajstić information content (AvgIpc) is 2.62. The van der Waals surface area contributed by atoms with Crippen molar-refractivity contribution in [2.75, 3.05) is 7.05 Å². The molecule has 0 saturated carbocycles.